The number of para-hydroxylation sites is 1. The van der Waals surface area contributed by atoms with Crippen LogP contribution in [0.1, 0.15) is 6.92 Å². The van der Waals surface area contributed by atoms with E-state index in [4.69, 9.17) is 5.73 Å². The summed E-state index contributed by atoms with van der Waals surface area (Å²) in [5.41, 5.74) is 10.3. The van der Waals surface area contributed by atoms with Crippen LogP contribution < -0.4 is 15.5 Å². The van der Waals surface area contributed by atoms with Crippen LogP contribution in [0.4, 0.5) is 22.7 Å². The first-order chi connectivity index (χ1) is 9.13. The van der Waals surface area contributed by atoms with E-state index in [2.05, 4.69) is 41.0 Å². The van der Waals surface area contributed by atoms with Gasteiger partial charge >= 0.3 is 0 Å². The van der Waals surface area contributed by atoms with E-state index in [9.17, 15) is 0 Å². The lowest BCUT2D eigenvalue weighted by Crippen LogP contribution is -2.18. The highest BCUT2D eigenvalue weighted by atomic mass is 15.1. The molecule has 0 heterocycles. The molecule has 100 valence electrons. The van der Waals surface area contributed by atoms with Crippen LogP contribution in [-0.4, -0.2) is 20.6 Å². The van der Waals surface area contributed by atoms with Gasteiger partial charge in [0.15, 0.2) is 0 Å². The van der Waals surface area contributed by atoms with E-state index in [1.165, 1.54) is 0 Å². The van der Waals surface area contributed by atoms with Crippen LogP contribution in [0, 0.1) is 0 Å². The molecular weight excluding hydrogens is 234 g/mol. The minimum Gasteiger partial charge on any atom is -0.397 e. The molecule has 0 atom stereocenters. The van der Waals surface area contributed by atoms with Gasteiger partial charge in [-0.25, -0.2) is 0 Å². The van der Waals surface area contributed by atoms with Crippen LogP contribution >= 0.6 is 0 Å². The second-order valence-electron chi connectivity index (χ2n) is 4.72. The third-order valence-corrected chi connectivity index (χ3v) is 3.20. The first-order valence-electron chi connectivity index (χ1n) is 6.53. The second-order valence-corrected chi connectivity index (χ2v) is 4.72. The highest BCUT2D eigenvalue weighted by molar-refractivity contribution is 5.78. The zero-order valence-electron chi connectivity index (χ0n) is 11.8. The van der Waals surface area contributed by atoms with Crippen molar-refractivity contribution < 1.29 is 0 Å². The van der Waals surface area contributed by atoms with Crippen molar-refractivity contribution in [3.63, 3.8) is 0 Å². The Morgan fingerprint density at radius 2 is 1.63 bits per heavy atom. The lowest BCUT2D eigenvalue weighted by Gasteiger charge is -2.26. The van der Waals surface area contributed by atoms with Gasteiger partial charge < -0.3 is 15.5 Å². The Kier molecular flexibility index (Phi) is 3.95. The molecule has 0 bridgehead atoms. The summed E-state index contributed by atoms with van der Waals surface area (Å²) in [6, 6.07) is 16.5. The van der Waals surface area contributed by atoms with Gasteiger partial charge in [0.05, 0.1) is 11.4 Å². The van der Waals surface area contributed by atoms with Crippen molar-refractivity contribution >= 4 is 22.7 Å². The van der Waals surface area contributed by atoms with Crippen molar-refractivity contribution in [3.05, 3.63) is 48.5 Å². The molecule has 2 aromatic rings. The van der Waals surface area contributed by atoms with Crippen LogP contribution in [0.3, 0.4) is 0 Å². The number of anilines is 4. The molecule has 0 aliphatic carbocycles. The standard InChI is InChI=1S/C16H21N3/c1-4-19(13-8-6-5-7-9-13)16-11-10-14(18(2)3)12-15(16)17/h5-12H,4,17H2,1-3H3. The lowest BCUT2D eigenvalue weighted by atomic mass is 10.2. The Hall–Kier alpha value is -2.16. The van der Waals surface area contributed by atoms with Gasteiger partial charge in [-0.2, -0.15) is 0 Å². The van der Waals surface area contributed by atoms with Crippen molar-refractivity contribution in [2.75, 3.05) is 36.2 Å². The van der Waals surface area contributed by atoms with Gasteiger partial charge in [-0.1, -0.05) is 18.2 Å². The first-order valence-corrected chi connectivity index (χ1v) is 6.53. The Morgan fingerprint density at radius 3 is 2.16 bits per heavy atom. The van der Waals surface area contributed by atoms with Crippen LogP contribution in [0.25, 0.3) is 0 Å². The molecule has 0 unspecified atom stereocenters. The zero-order chi connectivity index (χ0) is 13.8. The molecule has 2 rings (SSSR count). The van der Waals surface area contributed by atoms with E-state index in [0.717, 1.165) is 29.3 Å². The third kappa shape index (κ3) is 2.81. The number of nitrogens with zero attached hydrogens (tertiary/aromatic N) is 2. The van der Waals surface area contributed by atoms with E-state index < -0.39 is 0 Å². The predicted molar refractivity (Wildman–Crippen MR) is 84.3 cm³/mol. The third-order valence-electron chi connectivity index (χ3n) is 3.20. The molecule has 0 spiro atoms. The fourth-order valence-electron chi connectivity index (χ4n) is 2.17. The molecular formula is C16H21N3. The molecule has 19 heavy (non-hydrogen) atoms. The highest BCUT2D eigenvalue weighted by Gasteiger charge is 2.10. The Labute approximate surface area is 115 Å². The summed E-state index contributed by atoms with van der Waals surface area (Å²) in [6.45, 7) is 3.02. The summed E-state index contributed by atoms with van der Waals surface area (Å²) in [4.78, 5) is 4.27. The summed E-state index contributed by atoms with van der Waals surface area (Å²) in [7, 11) is 4.03. The number of rotatable bonds is 4. The van der Waals surface area contributed by atoms with Gasteiger partial charge in [-0.15, -0.1) is 0 Å². The number of benzene rings is 2. The number of nitrogen functional groups attached to an aromatic ring is 1. The van der Waals surface area contributed by atoms with Crippen molar-refractivity contribution in [3.8, 4) is 0 Å². The molecule has 2 N–H and O–H groups in total. The minimum absolute atomic E-state index is 0.803. The van der Waals surface area contributed by atoms with E-state index in [1.54, 1.807) is 0 Å². The summed E-state index contributed by atoms with van der Waals surface area (Å²) < 4.78 is 0. The SMILES string of the molecule is CCN(c1ccccc1)c1ccc(N(C)C)cc1N. The maximum absolute atomic E-state index is 6.20. The minimum atomic E-state index is 0.803. The Morgan fingerprint density at radius 1 is 0.947 bits per heavy atom. The number of hydrogen-bond donors (Lipinski definition) is 1. The van der Waals surface area contributed by atoms with Crippen LogP contribution in [-0.2, 0) is 0 Å². The number of nitrogens with two attached hydrogens (primary N) is 1. The maximum atomic E-state index is 6.20. The Balaban J connectivity index is 2.39. The molecule has 3 heteroatoms. The van der Waals surface area contributed by atoms with E-state index in [-0.39, 0.29) is 0 Å². The van der Waals surface area contributed by atoms with Gasteiger partial charge in [0.1, 0.15) is 0 Å². The molecule has 0 radical (unpaired) electrons. The molecule has 0 saturated heterocycles. The predicted octanol–water partition coefficient (Wildman–Crippen LogP) is 3.49. The Bertz CT molecular complexity index is 535. The average Bonchev–Trinajstić information content (AvgIpc) is 2.42. The van der Waals surface area contributed by atoms with Crippen molar-refractivity contribution in [1.29, 1.82) is 0 Å². The fourth-order valence-corrected chi connectivity index (χ4v) is 2.17. The summed E-state index contributed by atoms with van der Waals surface area (Å²) in [5, 5.41) is 0. The average molecular weight is 255 g/mol. The molecule has 0 saturated carbocycles. The topological polar surface area (TPSA) is 32.5 Å². The normalized spacial score (nSPS) is 10.3. The highest BCUT2D eigenvalue weighted by Crippen LogP contribution is 2.32. The summed E-state index contributed by atoms with van der Waals surface area (Å²) >= 11 is 0. The second kappa shape index (κ2) is 5.65. The van der Waals surface area contributed by atoms with Gasteiger partial charge in [0.2, 0.25) is 0 Å². The molecule has 0 aromatic heterocycles. The maximum Gasteiger partial charge on any atom is 0.0645 e. The summed E-state index contributed by atoms with van der Waals surface area (Å²) in [5.74, 6) is 0. The first kappa shape index (κ1) is 13.3. The summed E-state index contributed by atoms with van der Waals surface area (Å²) in [6.07, 6.45) is 0. The van der Waals surface area contributed by atoms with E-state index in [0.29, 0.717) is 0 Å². The monoisotopic (exact) mass is 255 g/mol. The van der Waals surface area contributed by atoms with Crippen molar-refractivity contribution in [2.45, 2.75) is 6.92 Å². The smallest absolute Gasteiger partial charge is 0.0645 e. The molecule has 0 fully saturated rings. The molecule has 2 aromatic carbocycles. The quantitative estimate of drug-likeness (QED) is 0.849. The molecule has 0 aliphatic rings. The fraction of sp³-hybridized carbons (Fsp3) is 0.250. The lowest BCUT2D eigenvalue weighted by molar-refractivity contribution is 1.02. The van der Waals surface area contributed by atoms with Crippen molar-refractivity contribution in [2.24, 2.45) is 0 Å². The molecule has 0 amide bonds. The molecule has 0 aliphatic heterocycles. The largest absolute Gasteiger partial charge is 0.397 e. The van der Waals surface area contributed by atoms with E-state index >= 15 is 0 Å². The van der Waals surface area contributed by atoms with Gasteiger partial charge in [-0.3, -0.25) is 0 Å². The molecule has 3 nitrogen and oxygen atoms in total. The van der Waals surface area contributed by atoms with Gasteiger partial charge in [-0.05, 0) is 37.3 Å². The number of hydrogen-bond acceptors (Lipinski definition) is 3. The van der Waals surface area contributed by atoms with Crippen LogP contribution in [0.2, 0.25) is 0 Å². The van der Waals surface area contributed by atoms with Gasteiger partial charge in [0, 0.05) is 32.0 Å². The van der Waals surface area contributed by atoms with Crippen LogP contribution in [0.5, 0.6) is 0 Å². The van der Waals surface area contributed by atoms with Crippen LogP contribution in [0.15, 0.2) is 48.5 Å². The van der Waals surface area contributed by atoms with Gasteiger partial charge in [0.25, 0.3) is 0 Å². The van der Waals surface area contributed by atoms with E-state index in [1.807, 2.05) is 38.4 Å². The zero-order valence-corrected chi connectivity index (χ0v) is 11.8. The van der Waals surface area contributed by atoms with Crippen molar-refractivity contribution in [1.82, 2.24) is 0 Å².